The first-order valence-corrected chi connectivity index (χ1v) is 7.40. The molecule has 0 aliphatic heterocycles. The fraction of sp³-hybridized carbons (Fsp3) is 0.0526. The van der Waals surface area contributed by atoms with E-state index in [0.29, 0.717) is 5.71 Å². The van der Waals surface area contributed by atoms with E-state index in [9.17, 15) is 15.0 Å². The Hall–Kier alpha value is -3.34. The number of carbonyl (C=O) groups is 1. The molecule has 0 unspecified atom stereocenters. The van der Waals surface area contributed by atoms with Gasteiger partial charge in [0, 0.05) is 11.6 Å². The Morgan fingerprint density at radius 1 is 0.875 bits per heavy atom. The second-order valence-electron chi connectivity index (χ2n) is 5.44. The van der Waals surface area contributed by atoms with Crippen molar-refractivity contribution in [3.05, 3.63) is 71.8 Å². The third kappa shape index (κ3) is 3.35. The van der Waals surface area contributed by atoms with Crippen molar-refractivity contribution in [2.75, 3.05) is 0 Å². The van der Waals surface area contributed by atoms with Crippen LogP contribution in [0.4, 0.5) is 0 Å². The molecule has 3 rings (SSSR count). The highest BCUT2D eigenvalue weighted by molar-refractivity contribution is 6.03. The Morgan fingerprint density at radius 3 is 2.25 bits per heavy atom. The molecule has 24 heavy (non-hydrogen) atoms. The molecule has 5 nitrogen and oxygen atoms in total. The van der Waals surface area contributed by atoms with E-state index in [1.807, 2.05) is 42.5 Å². The fourth-order valence-electron chi connectivity index (χ4n) is 2.40. The average Bonchev–Trinajstić information content (AvgIpc) is 2.58. The molecule has 0 saturated carbocycles. The molecule has 0 heterocycles. The Bertz CT molecular complexity index is 928. The van der Waals surface area contributed by atoms with E-state index in [0.717, 1.165) is 22.4 Å². The van der Waals surface area contributed by atoms with E-state index in [2.05, 4.69) is 10.5 Å². The number of nitrogens with zero attached hydrogens (tertiary/aromatic N) is 1. The zero-order valence-electron chi connectivity index (χ0n) is 13.0. The van der Waals surface area contributed by atoms with E-state index in [-0.39, 0.29) is 17.1 Å². The summed E-state index contributed by atoms with van der Waals surface area (Å²) >= 11 is 0. The number of aromatic hydroxyl groups is 2. The SMILES string of the molecule is C/C(=N\NC(=O)c1cc(O)cc(O)c1)c1ccc2ccccc2c1. The maximum absolute atomic E-state index is 12.1. The molecule has 0 atom stereocenters. The van der Waals surface area contributed by atoms with Crippen molar-refractivity contribution in [3.8, 4) is 11.5 Å². The van der Waals surface area contributed by atoms with Gasteiger partial charge in [-0.1, -0.05) is 36.4 Å². The number of fused-ring (bicyclic) bond motifs is 1. The van der Waals surface area contributed by atoms with Crippen molar-refractivity contribution in [2.24, 2.45) is 5.10 Å². The van der Waals surface area contributed by atoms with Crippen LogP contribution in [0.5, 0.6) is 11.5 Å². The Balaban J connectivity index is 1.80. The summed E-state index contributed by atoms with van der Waals surface area (Å²) in [6, 6.07) is 17.6. The van der Waals surface area contributed by atoms with Gasteiger partial charge in [0.15, 0.2) is 0 Å². The number of benzene rings is 3. The van der Waals surface area contributed by atoms with Crippen molar-refractivity contribution < 1.29 is 15.0 Å². The quantitative estimate of drug-likeness (QED) is 0.511. The molecule has 1 amide bonds. The minimum Gasteiger partial charge on any atom is -0.508 e. The summed E-state index contributed by atoms with van der Waals surface area (Å²) in [5.74, 6) is -0.882. The van der Waals surface area contributed by atoms with E-state index >= 15 is 0 Å². The normalized spacial score (nSPS) is 11.5. The summed E-state index contributed by atoms with van der Waals surface area (Å²) in [5, 5.41) is 25.2. The van der Waals surface area contributed by atoms with Crippen molar-refractivity contribution in [1.82, 2.24) is 5.43 Å². The first-order valence-electron chi connectivity index (χ1n) is 7.40. The maximum Gasteiger partial charge on any atom is 0.271 e. The molecular formula is C19H16N2O3. The highest BCUT2D eigenvalue weighted by Crippen LogP contribution is 2.20. The summed E-state index contributed by atoms with van der Waals surface area (Å²) in [4.78, 5) is 12.1. The lowest BCUT2D eigenvalue weighted by molar-refractivity contribution is 0.0954. The van der Waals surface area contributed by atoms with Crippen LogP contribution in [-0.2, 0) is 0 Å². The minimum absolute atomic E-state index is 0.127. The fourth-order valence-corrected chi connectivity index (χ4v) is 2.40. The summed E-state index contributed by atoms with van der Waals surface area (Å²) in [6.07, 6.45) is 0. The van der Waals surface area contributed by atoms with Crippen molar-refractivity contribution >= 4 is 22.4 Å². The molecule has 3 N–H and O–H groups in total. The van der Waals surface area contributed by atoms with Gasteiger partial charge < -0.3 is 10.2 Å². The van der Waals surface area contributed by atoms with Crippen molar-refractivity contribution in [1.29, 1.82) is 0 Å². The molecule has 0 spiro atoms. The number of phenols is 2. The Kier molecular flexibility index (Phi) is 4.16. The molecule has 5 heteroatoms. The highest BCUT2D eigenvalue weighted by Gasteiger charge is 2.08. The van der Waals surface area contributed by atoms with Gasteiger partial charge in [-0.05, 0) is 41.5 Å². The molecule has 120 valence electrons. The smallest absolute Gasteiger partial charge is 0.271 e. The number of hydrogen-bond donors (Lipinski definition) is 3. The van der Waals surface area contributed by atoms with Gasteiger partial charge in [0.1, 0.15) is 11.5 Å². The molecule has 0 bridgehead atoms. The van der Waals surface area contributed by atoms with E-state index < -0.39 is 5.91 Å². The number of hydrazone groups is 1. The molecule has 0 saturated heterocycles. The number of phenolic OH excluding ortho intramolecular Hbond substituents is 2. The van der Waals surface area contributed by atoms with E-state index in [1.54, 1.807) is 6.92 Å². The third-order valence-electron chi connectivity index (χ3n) is 3.66. The van der Waals surface area contributed by atoms with Crippen LogP contribution in [-0.4, -0.2) is 21.8 Å². The lowest BCUT2D eigenvalue weighted by Gasteiger charge is -2.05. The number of carbonyl (C=O) groups excluding carboxylic acids is 1. The molecule has 0 aliphatic rings. The van der Waals surface area contributed by atoms with Crippen LogP contribution < -0.4 is 5.43 Å². The van der Waals surface area contributed by atoms with Crippen molar-refractivity contribution in [3.63, 3.8) is 0 Å². The zero-order valence-corrected chi connectivity index (χ0v) is 13.0. The predicted octanol–water partition coefficient (Wildman–Crippen LogP) is 3.41. The van der Waals surface area contributed by atoms with Crippen molar-refractivity contribution in [2.45, 2.75) is 6.92 Å². The van der Waals surface area contributed by atoms with Crippen LogP contribution in [0.15, 0.2) is 65.8 Å². The molecule has 0 radical (unpaired) electrons. The maximum atomic E-state index is 12.1. The lowest BCUT2D eigenvalue weighted by Crippen LogP contribution is -2.19. The van der Waals surface area contributed by atoms with E-state index in [4.69, 9.17) is 0 Å². The van der Waals surface area contributed by atoms with Crippen LogP contribution in [0.25, 0.3) is 10.8 Å². The summed E-state index contributed by atoms with van der Waals surface area (Å²) in [6.45, 7) is 1.80. The summed E-state index contributed by atoms with van der Waals surface area (Å²) in [5.41, 5.74) is 4.10. The van der Waals surface area contributed by atoms with Gasteiger partial charge >= 0.3 is 0 Å². The van der Waals surface area contributed by atoms with Crippen LogP contribution >= 0.6 is 0 Å². The molecule has 0 fully saturated rings. The first-order chi connectivity index (χ1) is 11.5. The molecule has 3 aromatic carbocycles. The van der Waals surface area contributed by atoms with Crippen LogP contribution in [0.3, 0.4) is 0 Å². The van der Waals surface area contributed by atoms with Gasteiger partial charge in [-0.25, -0.2) is 5.43 Å². The molecule has 0 aromatic heterocycles. The average molecular weight is 320 g/mol. The number of amides is 1. The highest BCUT2D eigenvalue weighted by atomic mass is 16.3. The van der Waals surface area contributed by atoms with Crippen LogP contribution in [0.1, 0.15) is 22.8 Å². The van der Waals surface area contributed by atoms with Gasteiger partial charge in [0.25, 0.3) is 5.91 Å². The van der Waals surface area contributed by atoms with Gasteiger partial charge in [-0.2, -0.15) is 5.10 Å². The standard InChI is InChI=1S/C19H16N2O3/c1-12(14-7-6-13-4-2-3-5-15(13)8-14)20-21-19(24)16-9-17(22)11-18(23)10-16/h2-11,22-23H,1H3,(H,21,24)/b20-12+. The third-order valence-corrected chi connectivity index (χ3v) is 3.66. The lowest BCUT2D eigenvalue weighted by atomic mass is 10.0. The number of hydrogen-bond acceptors (Lipinski definition) is 4. The topological polar surface area (TPSA) is 81.9 Å². The number of nitrogens with one attached hydrogen (secondary N) is 1. The zero-order chi connectivity index (χ0) is 17.1. The number of rotatable bonds is 3. The molecule has 0 aliphatic carbocycles. The summed E-state index contributed by atoms with van der Waals surface area (Å²) < 4.78 is 0. The van der Waals surface area contributed by atoms with Gasteiger partial charge in [-0.15, -0.1) is 0 Å². The second kappa shape index (κ2) is 6.42. The molecular weight excluding hydrogens is 304 g/mol. The minimum atomic E-state index is -0.513. The van der Waals surface area contributed by atoms with E-state index in [1.165, 1.54) is 12.1 Å². The predicted molar refractivity (Wildman–Crippen MR) is 93.4 cm³/mol. The second-order valence-corrected chi connectivity index (χ2v) is 5.44. The molecule has 3 aromatic rings. The van der Waals surface area contributed by atoms with Crippen LogP contribution in [0, 0.1) is 0 Å². The Labute approximate surface area is 138 Å². The first kappa shape index (κ1) is 15.6. The monoisotopic (exact) mass is 320 g/mol. The van der Waals surface area contributed by atoms with Gasteiger partial charge in [0.2, 0.25) is 0 Å². The van der Waals surface area contributed by atoms with Gasteiger partial charge in [0.05, 0.1) is 5.71 Å². The Morgan fingerprint density at radius 2 is 1.54 bits per heavy atom. The van der Waals surface area contributed by atoms with Gasteiger partial charge in [-0.3, -0.25) is 4.79 Å². The summed E-state index contributed by atoms with van der Waals surface area (Å²) in [7, 11) is 0. The van der Waals surface area contributed by atoms with Crippen LogP contribution in [0.2, 0.25) is 0 Å². The largest absolute Gasteiger partial charge is 0.508 e.